The zero-order valence-corrected chi connectivity index (χ0v) is 19.6. The van der Waals surface area contributed by atoms with Crippen LogP contribution in [-0.2, 0) is 32.1 Å². The van der Waals surface area contributed by atoms with Crippen molar-refractivity contribution in [1.82, 2.24) is 4.90 Å². The normalized spacial score (nSPS) is 12.8. The molecule has 34 heavy (non-hydrogen) atoms. The second-order valence-corrected chi connectivity index (χ2v) is 8.70. The maximum Gasteiger partial charge on any atom is 0.416 e. The Kier molecular flexibility index (Phi) is 8.08. The van der Waals surface area contributed by atoms with Gasteiger partial charge < -0.3 is 10.0 Å². The molecule has 0 saturated heterocycles. The molecule has 0 atom stereocenters. The minimum absolute atomic E-state index is 0.0543. The van der Waals surface area contributed by atoms with Crippen LogP contribution in [0.3, 0.4) is 0 Å². The highest BCUT2D eigenvalue weighted by atomic mass is 19.4. The lowest BCUT2D eigenvalue weighted by molar-refractivity contribution is -0.137. The van der Waals surface area contributed by atoms with E-state index < -0.39 is 17.8 Å². The summed E-state index contributed by atoms with van der Waals surface area (Å²) in [5.74, 6) is 0. The first-order valence-corrected chi connectivity index (χ1v) is 11.6. The maximum absolute atomic E-state index is 13.3. The molecule has 0 spiro atoms. The van der Waals surface area contributed by atoms with Crippen LogP contribution in [0.5, 0.6) is 0 Å². The molecule has 0 saturated carbocycles. The number of hydrogen-bond donors (Lipinski definition) is 1. The summed E-state index contributed by atoms with van der Waals surface area (Å²) in [5, 5.41) is 19.1. The van der Waals surface area contributed by atoms with Gasteiger partial charge in [0.1, 0.15) is 0 Å². The molecule has 0 bridgehead atoms. The van der Waals surface area contributed by atoms with Gasteiger partial charge in [-0.25, -0.2) is 4.79 Å². The Morgan fingerprint density at radius 2 is 1.79 bits per heavy atom. The van der Waals surface area contributed by atoms with Gasteiger partial charge in [-0.15, -0.1) is 0 Å². The summed E-state index contributed by atoms with van der Waals surface area (Å²) in [6, 6.07) is 8.97. The van der Waals surface area contributed by atoms with E-state index in [2.05, 4.69) is 30.9 Å². The van der Waals surface area contributed by atoms with Crippen LogP contribution in [0.1, 0.15) is 66.5 Å². The van der Waals surface area contributed by atoms with Gasteiger partial charge in [0.25, 0.3) is 0 Å². The molecular weight excluding hydrogens is 443 g/mol. The third-order valence-corrected chi connectivity index (χ3v) is 6.25. The molecule has 1 N–H and O–H groups in total. The molecule has 5 nitrogen and oxygen atoms in total. The summed E-state index contributed by atoms with van der Waals surface area (Å²) >= 11 is 0. The van der Waals surface area contributed by atoms with Gasteiger partial charge in [-0.05, 0) is 79.1 Å². The number of hydrogen-bond acceptors (Lipinski definition) is 3. The molecule has 182 valence electrons. The monoisotopic (exact) mass is 473 g/mol. The predicted molar refractivity (Wildman–Crippen MR) is 125 cm³/mol. The molecule has 0 fully saturated rings. The predicted octanol–water partition coefficient (Wildman–Crippen LogP) is 6.37. The van der Waals surface area contributed by atoms with Gasteiger partial charge in [0, 0.05) is 25.3 Å². The molecule has 1 aliphatic carbocycles. The van der Waals surface area contributed by atoms with Gasteiger partial charge in [-0.2, -0.15) is 18.4 Å². The Hall–Kier alpha value is -3.21. The molecule has 8 heteroatoms. The molecule has 2 aromatic rings. The lowest BCUT2D eigenvalue weighted by Gasteiger charge is -2.29. The number of nitrogens with zero attached hydrogens (tertiary/aromatic N) is 3. The van der Waals surface area contributed by atoms with Crippen LogP contribution in [0.2, 0.25) is 0 Å². The number of carbonyl (C=O) groups is 1. The van der Waals surface area contributed by atoms with Gasteiger partial charge >= 0.3 is 12.3 Å². The summed E-state index contributed by atoms with van der Waals surface area (Å²) in [7, 11) is 0. The molecule has 2 aromatic carbocycles. The number of anilines is 1. The van der Waals surface area contributed by atoms with E-state index in [1.54, 1.807) is 6.07 Å². The van der Waals surface area contributed by atoms with Crippen LogP contribution in [-0.4, -0.2) is 29.2 Å². The number of amides is 1. The first-order valence-electron chi connectivity index (χ1n) is 11.6. The molecule has 3 rings (SSSR count). The smallest absolute Gasteiger partial charge is 0.416 e. The van der Waals surface area contributed by atoms with E-state index in [-0.39, 0.29) is 24.2 Å². The second kappa shape index (κ2) is 10.8. The van der Waals surface area contributed by atoms with Crippen LogP contribution < -0.4 is 4.90 Å². The van der Waals surface area contributed by atoms with E-state index in [0.717, 1.165) is 73.5 Å². The molecular formula is C26H30F3N3O2. The summed E-state index contributed by atoms with van der Waals surface area (Å²) in [4.78, 5) is 15.5. The van der Waals surface area contributed by atoms with E-state index in [9.17, 15) is 23.1 Å². The van der Waals surface area contributed by atoms with Crippen molar-refractivity contribution in [2.45, 2.75) is 65.2 Å². The number of unbranched alkanes of at least 4 members (excludes halogenated alkanes) is 1. The van der Waals surface area contributed by atoms with Gasteiger partial charge in [0.15, 0.2) is 0 Å². The largest absolute Gasteiger partial charge is 0.465 e. The minimum atomic E-state index is -4.62. The fourth-order valence-corrected chi connectivity index (χ4v) is 4.51. The van der Waals surface area contributed by atoms with Crippen LogP contribution in [0.25, 0.3) is 0 Å². The van der Waals surface area contributed by atoms with Crippen LogP contribution in [0.15, 0.2) is 30.3 Å². The summed E-state index contributed by atoms with van der Waals surface area (Å²) in [5.41, 5.74) is 3.37. The Labute approximate surface area is 198 Å². The molecule has 0 aliphatic heterocycles. The molecule has 0 aromatic heterocycles. The average molecular weight is 474 g/mol. The number of carboxylic acid groups (broad SMARTS) is 1. The van der Waals surface area contributed by atoms with Crippen molar-refractivity contribution in [3.63, 3.8) is 0 Å². The van der Waals surface area contributed by atoms with Gasteiger partial charge in [0.2, 0.25) is 0 Å². The average Bonchev–Trinajstić information content (AvgIpc) is 3.25. The Morgan fingerprint density at radius 3 is 2.38 bits per heavy atom. The highest BCUT2D eigenvalue weighted by Gasteiger charge is 2.31. The highest BCUT2D eigenvalue weighted by Crippen LogP contribution is 2.33. The fraction of sp³-hybridized carbons (Fsp3) is 0.462. The van der Waals surface area contributed by atoms with Crippen molar-refractivity contribution < 1.29 is 23.1 Å². The molecule has 0 unspecified atom stereocenters. The number of fused-ring (bicyclic) bond motifs is 1. The second-order valence-electron chi connectivity index (χ2n) is 8.70. The van der Waals surface area contributed by atoms with Gasteiger partial charge in [-0.1, -0.05) is 19.4 Å². The number of alkyl halides is 3. The number of halogens is 3. The topological polar surface area (TPSA) is 67.6 Å². The Bertz CT molecular complexity index is 1080. The number of benzene rings is 2. The number of nitriles is 1. The molecule has 0 radical (unpaired) electrons. The molecule has 1 amide bonds. The van der Waals surface area contributed by atoms with Gasteiger partial charge in [0.05, 0.1) is 23.7 Å². The van der Waals surface area contributed by atoms with E-state index >= 15 is 0 Å². The van der Waals surface area contributed by atoms with Crippen LogP contribution in [0, 0.1) is 11.3 Å². The van der Waals surface area contributed by atoms with Crippen molar-refractivity contribution in [2.75, 3.05) is 18.0 Å². The summed E-state index contributed by atoms with van der Waals surface area (Å²) in [6.45, 7) is 5.62. The summed E-state index contributed by atoms with van der Waals surface area (Å²) < 4.78 is 39.9. The van der Waals surface area contributed by atoms with Crippen molar-refractivity contribution in [2.24, 2.45) is 0 Å². The quantitative estimate of drug-likeness (QED) is 0.459. The first-order chi connectivity index (χ1) is 16.2. The highest BCUT2D eigenvalue weighted by molar-refractivity contribution is 5.67. The SMILES string of the molecule is CCCCN(CC)c1cc2c(cc1CN(Cc1cc(C#N)cc(C(F)(F)F)c1)C(=O)O)CCC2. The van der Waals surface area contributed by atoms with E-state index in [1.807, 2.05) is 0 Å². The van der Waals surface area contributed by atoms with Crippen molar-refractivity contribution >= 4 is 11.8 Å². The zero-order valence-electron chi connectivity index (χ0n) is 19.6. The van der Waals surface area contributed by atoms with Crippen molar-refractivity contribution in [1.29, 1.82) is 5.26 Å². The lowest BCUT2D eigenvalue weighted by atomic mass is 10.0. The van der Waals surface area contributed by atoms with E-state index in [1.165, 1.54) is 17.2 Å². The lowest BCUT2D eigenvalue weighted by Crippen LogP contribution is -2.31. The standard InChI is InChI=1S/C26H30F3N3O2/c1-3-5-9-31(4-2)24-14-21-8-6-7-20(21)13-22(24)17-32(25(33)34)16-19-10-18(15-30)11-23(12-19)26(27,28)29/h10-14H,3-9,16-17H2,1-2H3,(H,33,34). The number of rotatable bonds is 9. The van der Waals surface area contributed by atoms with Gasteiger partial charge in [-0.3, -0.25) is 4.90 Å². The number of aryl methyl sites for hydroxylation is 2. The Morgan fingerprint density at radius 1 is 1.09 bits per heavy atom. The zero-order chi connectivity index (χ0) is 24.9. The first kappa shape index (κ1) is 25.4. The third kappa shape index (κ3) is 6.02. The third-order valence-electron chi connectivity index (χ3n) is 6.25. The van der Waals surface area contributed by atoms with E-state index in [0.29, 0.717) is 0 Å². The van der Waals surface area contributed by atoms with Crippen molar-refractivity contribution in [3.05, 3.63) is 63.7 Å². The molecule has 0 heterocycles. The minimum Gasteiger partial charge on any atom is -0.465 e. The van der Waals surface area contributed by atoms with Crippen molar-refractivity contribution in [3.8, 4) is 6.07 Å². The van der Waals surface area contributed by atoms with Crippen LogP contribution in [0.4, 0.5) is 23.7 Å². The van der Waals surface area contributed by atoms with E-state index in [4.69, 9.17) is 5.26 Å². The van der Waals surface area contributed by atoms with Crippen LogP contribution >= 0.6 is 0 Å². The fourth-order valence-electron chi connectivity index (χ4n) is 4.51. The molecule has 1 aliphatic rings. The maximum atomic E-state index is 13.3. The summed E-state index contributed by atoms with van der Waals surface area (Å²) in [6.07, 6.45) is -0.803. The Balaban J connectivity index is 1.96.